The molecule has 4 unspecified atom stereocenters. The number of alkyl carbamates (subject to hydrolysis) is 1. The van der Waals surface area contributed by atoms with Crippen LogP contribution in [0, 0.1) is 5.92 Å². The number of carbonyl (C=O) groups excluding carboxylic acids is 2. The second-order valence-electron chi connectivity index (χ2n) is 12.0. The van der Waals surface area contributed by atoms with E-state index >= 15 is 0 Å². The van der Waals surface area contributed by atoms with Crippen LogP contribution in [-0.4, -0.2) is 46.5 Å². The van der Waals surface area contributed by atoms with E-state index in [0.29, 0.717) is 11.1 Å². The number of nitrogens with zero attached hydrogens (tertiary/aromatic N) is 2. The molecule has 1 saturated heterocycles. The van der Waals surface area contributed by atoms with Crippen molar-refractivity contribution in [2.45, 2.75) is 83.9 Å². The van der Waals surface area contributed by atoms with Gasteiger partial charge in [-0.05, 0) is 36.0 Å². The molecular formula is C35H42N4O7. The van der Waals surface area contributed by atoms with Crippen molar-refractivity contribution in [1.29, 1.82) is 0 Å². The summed E-state index contributed by atoms with van der Waals surface area (Å²) < 4.78 is 24.6. The number of esters is 1. The number of nitrogens with two attached hydrogens (primary N) is 1. The summed E-state index contributed by atoms with van der Waals surface area (Å²) in [4.78, 5) is 42.5. The van der Waals surface area contributed by atoms with Crippen LogP contribution in [0.4, 0.5) is 4.79 Å². The number of amides is 1. The van der Waals surface area contributed by atoms with Crippen molar-refractivity contribution < 1.29 is 28.2 Å². The number of ether oxygens (including phenoxy) is 3. The maximum Gasteiger partial charge on any atom is 0.407 e. The van der Waals surface area contributed by atoms with E-state index in [4.69, 9.17) is 24.4 Å². The lowest BCUT2D eigenvalue weighted by Gasteiger charge is -2.21. The number of benzene rings is 2. The number of rotatable bonds is 13. The normalized spacial score (nSPS) is 18.5. The zero-order valence-corrected chi connectivity index (χ0v) is 26.5. The molecule has 244 valence electrons. The van der Waals surface area contributed by atoms with Crippen LogP contribution in [0.25, 0.3) is 22.4 Å². The highest BCUT2D eigenvalue weighted by Crippen LogP contribution is 2.32. The number of unbranched alkanes of at least 4 members (excludes halogenated alkanes) is 2. The van der Waals surface area contributed by atoms with Crippen LogP contribution >= 0.6 is 0 Å². The molecule has 3 N–H and O–H groups in total. The van der Waals surface area contributed by atoms with E-state index in [1.165, 1.54) is 23.0 Å². The van der Waals surface area contributed by atoms with Gasteiger partial charge in [0.2, 0.25) is 5.71 Å². The molecule has 0 aliphatic carbocycles. The Kier molecular flexibility index (Phi) is 10.9. The molecule has 5 rings (SSSR count). The zero-order valence-electron chi connectivity index (χ0n) is 26.5. The van der Waals surface area contributed by atoms with Crippen LogP contribution in [0.5, 0.6) is 0 Å². The van der Waals surface area contributed by atoms with Crippen LogP contribution in [-0.2, 0) is 32.0 Å². The summed E-state index contributed by atoms with van der Waals surface area (Å²) in [6, 6.07) is 18.6. The smallest absolute Gasteiger partial charge is 0.407 e. The Hall–Kier alpha value is -4.48. The van der Waals surface area contributed by atoms with Crippen LogP contribution in [0.15, 0.2) is 76.1 Å². The van der Waals surface area contributed by atoms with Crippen molar-refractivity contribution in [3.8, 4) is 11.3 Å². The van der Waals surface area contributed by atoms with Crippen molar-refractivity contribution in [2.75, 3.05) is 6.61 Å². The van der Waals surface area contributed by atoms with Crippen LogP contribution in [0.3, 0.4) is 0 Å². The lowest BCUT2D eigenvalue weighted by molar-refractivity contribution is -0.152. The second kappa shape index (κ2) is 15.2. The Labute approximate surface area is 268 Å². The predicted octanol–water partition coefficient (Wildman–Crippen LogP) is 5.50. The van der Waals surface area contributed by atoms with Gasteiger partial charge in [-0.1, -0.05) is 88.2 Å². The lowest BCUT2D eigenvalue weighted by Crippen LogP contribution is -2.40. The van der Waals surface area contributed by atoms with Gasteiger partial charge in [0, 0.05) is 24.7 Å². The highest BCUT2D eigenvalue weighted by atomic mass is 16.6. The third-order valence-electron chi connectivity index (χ3n) is 8.15. The summed E-state index contributed by atoms with van der Waals surface area (Å²) in [7, 11) is 0. The molecule has 0 saturated carbocycles. The summed E-state index contributed by atoms with van der Waals surface area (Å²) in [5.41, 5.74) is 8.62. The third kappa shape index (κ3) is 8.21. The number of nitrogens with one attached hydrogen (secondary N) is 1. The average Bonchev–Trinajstić information content (AvgIpc) is 3.66. The first-order chi connectivity index (χ1) is 22.2. The maximum absolute atomic E-state index is 13.2. The van der Waals surface area contributed by atoms with Crippen molar-refractivity contribution in [3.63, 3.8) is 0 Å². The third-order valence-corrected chi connectivity index (χ3v) is 8.15. The molecular weight excluding hydrogens is 588 g/mol. The van der Waals surface area contributed by atoms with Gasteiger partial charge in [0.05, 0.1) is 5.39 Å². The number of furan rings is 1. The minimum Gasteiger partial charge on any atom is -0.462 e. The molecule has 4 aromatic rings. The lowest BCUT2D eigenvalue weighted by atomic mass is 10.0. The number of aryl methyl sites for hydroxylation is 1. The Morgan fingerprint density at radius 1 is 1.09 bits per heavy atom. The summed E-state index contributed by atoms with van der Waals surface area (Å²) >= 11 is 0. The van der Waals surface area contributed by atoms with E-state index in [-0.39, 0.29) is 31.2 Å². The first-order valence-electron chi connectivity index (χ1n) is 15.9. The quantitative estimate of drug-likeness (QED) is 0.144. The number of carbonyl (C=O) groups is 2. The van der Waals surface area contributed by atoms with Gasteiger partial charge >= 0.3 is 17.8 Å². The predicted molar refractivity (Wildman–Crippen MR) is 173 cm³/mol. The molecule has 0 radical (unpaired) electrons. The van der Waals surface area contributed by atoms with E-state index < -0.39 is 42.2 Å². The maximum atomic E-state index is 13.2. The molecule has 46 heavy (non-hydrogen) atoms. The van der Waals surface area contributed by atoms with E-state index in [1.54, 1.807) is 6.20 Å². The molecule has 1 aliphatic rings. The monoisotopic (exact) mass is 630 g/mol. The van der Waals surface area contributed by atoms with Crippen molar-refractivity contribution in [2.24, 2.45) is 11.7 Å². The van der Waals surface area contributed by atoms with E-state index in [1.807, 2.05) is 62.4 Å². The molecule has 1 fully saturated rings. The Bertz CT molecular complexity index is 1670. The molecule has 3 heterocycles. The first kappa shape index (κ1) is 32.9. The molecule has 11 nitrogen and oxygen atoms in total. The van der Waals surface area contributed by atoms with Gasteiger partial charge in [-0.3, -0.25) is 9.36 Å². The largest absolute Gasteiger partial charge is 0.462 e. The van der Waals surface area contributed by atoms with Crippen molar-refractivity contribution >= 4 is 23.2 Å². The second-order valence-corrected chi connectivity index (χ2v) is 12.0. The Balaban J connectivity index is 1.31. The molecule has 4 atom stereocenters. The van der Waals surface area contributed by atoms with E-state index in [2.05, 4.69) is 29.4 Å². The van der Waals surface area contributed by atoms with Gasteiger partial charge in [0.15, 0.2) is 0 Å². The molecule has 11 heteroatoms. The van der Waals surface area contributed by atoms with Gasteiger partial charge < -0.3 is 29.7 Å². The van der Waals surface area contributed by atoms with Crippen LogP contribution in [0.1, 0.15) is 63.8 Å². The highest BCUT2D eigenvalue weighted by Gasteiger charge is 2.41. The minimum atomic E-state index is -0.839. The van der Waals surface area contributed by atoms with Gasteiger partial charge in [0.25, 0.3) is 0 Å². The zero-order chi connectivity index (χ0) is 32.6. The number of fused-ring (bicyclic) bond motifs is 1. The molecule has 1 aliphatic heterocycles. The fraction of sp³-hybridized carbons (Fsp3) is 0.429. The van der Waals surface area contributed by atoms with Gasteiger partial charge in [-0.25, -0.2) is 9.59 Å². The summed E-state index contributed by atoms with van der Waals surface area (Å²) in [5.74, 6) is -0.121. The summed E-state index contributed by atoms with van der Waals surface area (Å²) in [6.45, 7) is 5.88. The SMILES string of the molecule is CCCCCc1ccc(-c2cc3cn(C4CC(OC(=O)NCc5ccccc5)C(COC(=O)C(N)C(C)C)O4)c(=O)nc3o2)cc1. The molecule has 0 spiro atoms. The Morgan fingerprint density at radius 2 is 1.85 bits per heavy atom. The summed E-state index contributed by atoms with van der Waals surface area (Å²) in [6.07, 6.45) is 3.16. The van der Waals surface area contributed by atoms with Gasteiger partial charge in [-0.2, -0.15) is 4.98 Å². The Morgan fingerprint density at radius 3 is 2.57 bits per heavy atom. The van der Waals surface area contributed by atoms with Crippen LogP contribution < -0.4 is 16.7 Å². The first-order valence-corrected chi connectivity index (χ1v) is 15.9. The topological polar surface area (TPSA) is 148 Å². The van der Waals surface area contributed by atoms with Crippen molar-refractivity contribution in [3.05, 3.63) is 88.5 Å². The average molecular weight is 631 g/mol. The van der Waals surface area contributed by atoms with Crippen molar-refractivity contribution in [1.82, 2.24) is 14.9 Å². The highest BCUT2D eigenvalue weighted by molar-refractivity contribution is 5.79. The molecule has 2 aromatic carbocycles. The van der Waals surface area contributed by atoms with Gasteiger partial charge in [0.1, 0.15) is 36.8 Å². The fourth-order valence-electron chi connectivity index (χ4n) is 5.32. The van der Waals surface area contributed by atoms with Gasteiger partial charge in [-0.15, -0.1) is 0 Å². The standard InChI is InChI=1S/C35H42N4O7/c1-4-5-7-10-23-13-15-25(16-14-23)27-17-26-20-39(34(41)38-32(26)45-27)30-18-28(29(44-30)21-43-33(40)31(36)22(2)3)46-35(42)37-19-24-11-8-6-9-12-24/h6,8-9,11-17,20,22,28-31H,4-5,7,10,18-19,21,36H2,1-3H3,(H,37,42). The molecule has 1 amide bonds. The van der Waals surface area contributed by atoms with E-state index in [9.17, 15) is 14.4 Å². The molecule has 2 aromatic heterocycles. The fourth-order valence-corrected chi connectivity index (χ4v) is 5.32. The van der Waals surface area contributed by atoms with E-state index in [0.717, 1.165) is 24.0 Å². The number of aromatic nitrogens is 2. The number of hydrogen-bond acceptors (Lipinski definition) is 9. The molecule has 0 bridgehead atoms. The summed E-state index contributed by atoms with van der Waals surface area (Å²) in [5, 5.41) is 3.34. The van der Waals surface area contributed by atoms with Crippen LogP contribution in [0.2, 0.25) is 0 Å². The number of hydrogen-bond donors (Lipinski definition) is 2. The minimum absolute atomic E-state index is 0.125.